The van der Waals surface area contributed by atoms with Gasteiger partial charge in [0.25, 0.3) is 11.8 Å². The number of rotatable bonds is 12. The van der Waals surface area contributed by atoms with Crippen LogP contribution in [0.15, 0.2) is 72.8 Å². The molecule has 0 aliphatic carbocycles. The van der Waals surface area contributed by atoms with E-state index in [-0.39, 0.29) is 30.6 Å². The monoisotopic (exact) mass is 868 g/mol. The van der Waals surface area contributed by atoms with Gasteiger partial charge in [0.15, 0.2) is 5.82 Å². The predicted octanol–water partition coefficient (Wildman–Crippen LogP) is 3.88. The minimum atomic E-state index is -0.968. The van der Waals surface area contributed by atoms with Crippen LogP contribution in [0.2, 0.25) is 0 Å². The second-order valence-corrected chi connectivity index (χ2v) is 18.1. The summed E-state index contributed by atoms with van der Waals surface area (Å²) in [6, 6.07) is 23.4. The zero-order valence-electron chi connectivity index (χ0n) is 36.1. The quantitative estimate of drug-likeness (QED) is 0.138. The molecule has 1 aromatic heterocycles. The first kappa shape index (κ1) is 41.9. The summed E-state index contributed by atoms with van der Waals surface area (Å²) in [4.78, 5) is 63.8. The minimum Gasteiger partial charge on any atom is -0.507 e. The van der Waals surface area contributed by atoms with Crippen molar-refractivity contribution in [2.45, 2.75) is 75.7 Å². The average molecular weight is 869 g/mol. The van der Waals surface area contributed by atoms with Gasteiger partial charge in [0.1, 0.15) is 11.8 Å². The number of carbonyl (C=O) groups is 4. The number of imide groups is 2. The summed E-state index contributed by atoms with van der Waals surface area (Å²) in [5.74, 6) is -1.37. The Morgan fingerprint density at radius 3 is 2.23 bits per heavy atom. The Labute approximate surface area is 372 Å². The van der Waals surface area contributed by atoms with Crippen molar-refractivity contribution in [3.63, 3.8) is 0 Å². The Morgan fingerprint density at radius 2 is 1.47 bits per heavy atom. The fourth-order valence-electron chi connectivity index (χ4n) is 10.7. The lowest BCUT2D eigenvalue weighted by molar-refractivity contribution is -0.136. The van der Waals surface area contributed by atoms with E-state index in [0.717, 1.165) is 120 Å². The maximum absolute atomic E-state index is 13.3. The van der Waals surface area contributed by atoms with Gasteiger partial charge < -0.3 is 35.2 Å². The van der Waals surface area contributed by atoms with Crippen molar-refractivity contribution < 1.29 is 29.0 Å². The number of phenolic OH excluding ortho intramolecular Hbond substituents is 1. The van der Waals surface area contributed by atoms with Gasteiger partial charge in [-0.05, 0) is 92.6 Å². The minimum absolute atomic E-state index is 0.0963. The van der Waals surface area contributed by atoms with Gasteiger partial charge in [-0.3, -0.25) is 34.3 Å². The number of piperidine rings is 2. The van der Waals surface area contributed by atoms with Crippen molar-refractivity contribution in [3.8, 4) is 17.0 Å². The largest absolute Gasteiger partial charge is 0.507 e. The standard InChI is InChI=1S/C48H56N10O6/c49-45-42(27-40(51-52-45)38-7-1-2-8-43(38)59)56-29-34-9-10-35(30-56)57(34)33-6-3-5-31(25-33)28-54-22-20-53(21-23-54)17-4-24-64-36-15-18-55(19-16-36)32-11-12-37-39(26-32)48(63)58(47(37)62)41-13-14-44(60)50-46(41)61/h1-3,5-8,11-12,25-27,34-36,41,59H,4,9-10,13-24,28-30H2,(H2,49,52)(H,50,60,61). The van der Waals surface area contributed by atoms with E-state index >= 15 is 0 Å². The molecule has 0 saturated carbocycles. The number of nitrogen functional groups attached to an aromatic ring is 1. The fraction of sp³-hybridized carbons (Fsp3) is 0.458. The summed E-state index contributed by atoms with van der Waals surface area (Å²) in [5, 5.41) is 21.3. The molecule has 6 aliphatic heterocycles. The Kier molecular flexibility index (Phi) is 11.7. The van der Waals surface area contributed by atoms with Crippen LogP contribution in [0.1, 0.15) is 71.2 Å². The topological polar surface area (TPSA) is 181 Å². The second kappa shape index (κ2) is 17.8. The van der Waals surface area contributed by atoms with Crippen LogP contribution in [0.25, 0.3) is 11.3 Å². The molecule has 3 atom stereocenters. The highest BCUT2D eigenvalue weighted by Gasteiger charge is 2.45. The number of hydrogen-bond acceptors (Lipinski definition) is 14. The molecule has 7 heterocycles. The molecule has 5 fully saturated rings. The first-order chi connectivity index (χ1) is 31.2. The van der Waals surface area contributed by atoms with Crippen LogP contribution >= 0.6 is 0 Å². The molecule has 16 nitrogen and oxygen atoms in total. The van der Waals surface area contributed by atoms with Crippen LogP contribution < -0.4 is 25.8 Å². The number of aromatic hydroxyl groups is 1. The third-order valence-corrected chi connectivity index (χ3v) is 14.1. The number of ether oxygens (including phenoxy) is 1. The lowest BCUT2D eigenvalue weighted by Crippen LogP contribution is -2.54. The fourth-order valence-corrected chi connectivity index (χ4v) is 10.7. The van der Waals surface area contributed by atoms with Crippen molar-refractivity contribution >= 4 is 46.5 Å². The number of piperazine rings is 2. The highest BCUT2D eigenvalue weighted by Crippen LogP contribution is 2.39. The molecule has 0 radical (unpaired) electrons. The number of phenols is 1. The number of hydrogen-bond donors (Lipinski definition) is 3. The van der Waals surface area contributed by atoms with E-state index < -0.39 is 23.8 Å². The summed E-state index contributed by atoms with van der Waals surface area (Å²) in [6.07, 6.45) is 5.43. The smallest absolute Gasteiger partial charge is 0.262 e. The summed E-state index contributed by atoms with van der Waals surface area (Å²) >= 11 is 0. The SMILES string of the molecule is Nc1nnc(-c2ccccc2O)cc1N1CC2CCC(C1)N2c1cccc(CN2CCN(CCCOC3CCN(c4ccc5c(c4)C(=O)N(C4CCC(=O)NC4=O)C5=O)CC3)CC2)c1. The van der Waals surface area contributed by atoms with E-state index in [9.17, 15) is 24.3 Å². The van der Waals surface area contributed by atoms with Crippen LogP contribution in [0.3, 0.4) is 0 Å². The number of benzene rings is 3. The van der Waals surface area contributed by atoms with E-state index in [2.05, 4.69) is 64.3 Å². The average Bonchev–Trinajstić information content (AvgIpc) is 3.72. The molecule has 6 aliphatic rings. The highest BCUT2D eigenvalue weighted by molar-refractivity contribution is 6.23. The van der Waals surface area contributed by atoms with E-state index in [1.54, 1.807) is 24.3 Å². The van der Waals surface area contributed by atoms with Gasteiger partial charge in [-0.1, -0.05) is 24.3 Å². The van der Waals surface area contributed by atoms with Gasteiger partial charge in [0, 0.05) is 107 Å². The molecule has 3 unspecified atom stereocenters. The molecule has 64 heavy (non-hydrogen) atoms. The lowest BCUT2D eigenvalue weighted by Gasteiger charge is -2.43. The summed E-state index contributed by atoms with van der Waals surface area (Å²) < 4.78 is 6.35. The van der Waals surface area contributed by atoms with Crippen LogP contribution in [0.5, 0.6) is 5.75 Å². The Bertz CT molecular complexity index is 2420. The molecule has 4 N–H and O–H groups in total. The van der Waals surface area contributed by atoms with Crippen LogP contribution in [0.4, 0.5) is 22.9 Å². The van der Waals surface area contributed by atoms with Gasteiger partial charge in [-0.25, -0.2) is 0 Å². The van der Waals surface area contributed by atoms with Crippen LogP contribution in [0, 0.1) is 0 Å². The van der Waals surface area contributed by atoms with E-state index in [4.69, 9.17) is 10.5 Å². The molecule has 16 heteroatoms. The number of aromatic nitrogens is 2. The number of nitrogens with two attached hydrogens (primary N) is 1. The molecule has 334 valence electrons. The molecular weight excluding hydrogens is 813 g/mol. The number of nitrogens with zero attached hydrogens (tertiary/aromatic N) is 8. The molecule has 2 bridgehead atoms. The lowest BCUT2D eigenvalue weighted by atomic mass is 10.0. The molecule has 0 spiro atoms. The number of fused-ring (bicyclic) bond motifs is 3. The van der Waals surface area contributed by atoms with Crippen molar-refractivity contribution in [1.82, 2.24) is 30.2 Å². The highest BCUT2D eigenvalue weighted by atomic mass is 16.5. The maximum atomic E-state index is 13.3. The van der Waals surface area contributed by atoms with E-state index in [0.29, 0.717) is 40.3 Å². The third-order valence-electron chi connectivity index (χ3n) is 14.1. The van der Waals surface area contributed by atoms with Crippen LogP contribution in [-0.4, -0.2) is 143 Å². The maximum Gasteiger partial charge on any atom is 0.262 e. The van der Waals surface area contributed by atoms with E-state index in [1.807, 2.05) is 24.3 Å². The first-order valence-electron chi connectivity index (χ1n) is 22.9. The number of amides is 4. The molecule has 3 aromatic carbocycles. The first-order valence-corrected chi connectivity index (χ1v) is 22.9. The number of nitrogens with one attached hydrogen (secondary N) is 1. The zero-order chi connectivity index (χ0) is 43.9. The normalized spacial score (nSPS) is 23.3. The van der Waals surface area contributed by atoms with Gasteiger partial charge in [0.2, 0.25) is 11.8 Å². The van der Waals surface area contributed by atoms with Gasteiger partial charge in [0.05, 0.1) is 28.6 Å². The van der Waals surface area contributed by atoms with Gasteiger partial charge in [-0.2, -0.15) is 0 Å². The summed E-state index contributed by atoms with van der Waals surface area (Å²) in [5.41, 5.74) is 12.7. The third kappa shape index (κ3) is 8.37. The zero-order valence-corrected chi connectivity index (χ0v) is 36.1. The van der Waals surface area contributed by atoms with Crippen molar-refractivity contribution in [2.75, 3.05) is 85.9 Å². The molecule has 5 saturated heterocycles. The summed E-state index contributed by atoms with van der Waals surface area (Å²) in [7, 11) is 0. The second-order valence-electron chi connectivity index (χ2n) is 18.1. The Hall–Kier alpha value is -6.10. The van der Waals surface area contributed by atoms with Crippen molar-refractivity contribution in [2.24, 2.45) is 0 Å². The molecule has 10 rings (SSSR count). The van der Waals surface area contributed by atoms with Crippen molar-refractivity contribution in [1.29, 1.82) is 0 Å². The predicted molar refractivity (Wildman–Crippen MR) is 242 cm³/mol. The number of anilines is 4. The van der Waals surface area contributed by atoms with Gasteiger partial charge >= 0.3 is 0 Å². The number of carbonyl (C=O) groups excluding carboxylic acids is 4. The molecular formula is C48H56N10O6. The van der Waals surface area contributed by atoms with Crippen molar-refractivity contribution in [3.05, 3.63) is 89.5 Å². The van der Waals surface area contributed by atoms with E-state index in [1.165, 1.54) is 11.3 Å². The Morgan fingerprint density at radius 1 is 0.719 bits per heavy atom. The molecule has 4 aromatic rings. The van der Waals surface area contributed by atoms with Crippen LogP contribution in [-0.2, 0) is 20.9 Å². The Balaban J connectivity index is 0.648. The molecule has 4 amide bonds. The van der Waals surface area contributed by atoms with Gasteiger partial charge in [-0.15, -0.1) is 10.2 Å². The summed E-state index contributed by atoms with van der Waals surface area (Å²) in [6.45, 7) is 10.1. The number of para-hydroxylation sites is 1.